The Labute approximate surface area is 201 Å². The highest BCUT2D eigenvalue weighted by Gasteiger charge is 2.38. The molecular weight excluding hydrogens is 412 g/mol. The highest BCUT2D eigenvalue weighted by atomic mass is 16.5. The van der Waals surface area contributed by atoms with Crippen molar-refractivity contribution < 1.29 is 19.4 Å². The van der Waals surface area contributed by atoms with Crippen molar-refractivity contribution in [3.05, 3.63) is 48.0 Å². The van der Waals surface area contributed by atoms with Crippen molar-refractivity contribution in [2.24, 2.45) is 5.41 Å². The lowest BCUT2D eigenvalue weighted by molar-refractivity contribution is 0.0487. The summed E-state index contributed by atoms with van der Waals surface area (Å²) in [7, 11) is 0. The fraction of sp³-hybridized carbons (Fsp3) is 0.655. The van der Waals surface area contributed by atoms with Gasteiger partial charge < -0.3 is 9.84 Å². The van der Waals surface area contributed by atoms with Gasteiger partial charge in [-0.15, -0.1) is 6.58 Å². The van der Waals surface area contributed by atoms with Crippen molar-refractivity contribution in [3.8, 4) is 0 Å². The third-order valence-corrected chi connectivity index (χ3v) is 6.46. The molecule has 0 heterocycles. The zero-order chi connectivity index (χ0) is 24.4. The summed E-state index contributed by atoms with van der Waals surface area (Å²) in [5.74, 6) is -1.67. The Bertz CT molecular complexity index is 691. The second kappa shape index (κ2) is 17.4. The number of carbonyl (C=O) groups excluding carboxylic acids is 1. The molecule has 0 amide bonds. The molecular formula is C29H46O4. The van der Waals surface area contributed by atoms with Crippen LogP contribution in [0.2, 0.25) is 0 Å². The van der Waals surface area contributed by atoms with Crippen molar-refractivity contribution in [2.75, 3.05) is 6.61 Å². The van der Waals surface area contributed by atoms with Crippen LogP contribution in [-0.2, 0) is 4.74 Å². The van der Waals surface area contributed by atoms with Crippen LogP contribution in [0.5, 0.6) is 0 Å². The molecule has 1 fully saturated rings. The molecule has 1 aliphatic carbocycles. The van der Waals surface area contributed by atoms with Crippen LogP contribution in [0.25, 0.3) is 0 Å². The number of carboxylic acids is 1. The molecule has 33 heavy (non-hydrogen) atoms. The Hall–Kier alpha value is -2.10. The molecule has 0 aliphatic heterocycles. The van der Waals surface area contributed by atoms with Gasteiger partial charge in [0, 0.05) is 0 Å². The van der Waals surface area contributed by atoms with E-state index in [4.69, 9.17) is 9.84 Å². The molecule has 1 N–H and O–H groups in total. The molecule has 0 saturated heterocycles. The molecule has 0 radical (unpaired) electrons. The van der Waals surface area contributed by atoms with E-state index < -0.39 is 11.9 Å². The van der Waals surface area contributed by atoms with E-state index in [1.807, 2.05) is 0 Å². The van der Waals surface area contributed by atoms with Gasteiger partial charge in [-0.2, -0.15) is 0 Å². The van der Waals surface area contributed by atoms with Crippen LogP contribution in [-0.4, -0.2) is 23.7 Å². The van der Waals surface area contributed by atoms with Crippen LogP contribution < -0.4 is 0 Å². The molecule has 1 aromatic rings. The van der Waals surface area contributed by atoms with E-state index in [9.17, 15) is 9.59 Å². The second-order valence-corrected chi connectivity index (χ2v) is 9.34. The topological polar surface area (TPSA) is 63.6 Å². The quantitative estimate of drug-likeness (QED) is 0.144. The van der Waals surface area contributed by atoms with Crippen LogP contribution in [0.15, 0.2) is 36.9 Å². The number of carboxylic acid groups (broad SMARTS) is 1. The lowest BCUT2D eigenvalue weighted by Crippen LogP contribution is -2.12. The highest BCUT2D eigenvalue weighted by Crippen LogP contribution is 2.50. The lowest BCUT2D eigenvalue weighted by atomic mass is 9.98. The van der Waals surface area contributed by atoms with Gasteiger partial charge >= 0.3 is 11.9 Å². The minimum absolute atomic E-state index is 0.0135. The van der Waals surface area contributed by atoms with Gasteiger partial charge in [0.15, 0.2) is 0 Å². The Morgan fingerprint density at radius 1 is 0.879 bits per heavy atom. The molecule has 1 aromatic carbocycles. The number of esters is 1. The summed E-state index contributed by atoms with van der Waals surface area (Å²) in [6.07, 6.45) is 21.6. The molecule has 0 unspecified atom stereocenters. The first-order valence-electron chi connectivity index (χ1n) is 13.1. The molecule has 186 valence electrons. The number of allylic oxidation sites excluding steroid dienone is 1. The lowest BCUT2D eigenvalue weighted by Gasteiger charge is -2.08. The number of hydrogen-bond donors (Lipinski definition) is 1. The first-order chi connectivity index (χ1) is 16.0. The van der Waals surface area contributed by atoms with E-state index in [0.29, 0.717) is 12.0 Å². The van der Waals surface area contributed by atoms with Gasteiger partial charge in [-0.05, 0) is 43.2 Å². The van der Waals surface area contributed by atoms with E-state index in [0.717, 1.165) is 19.3 Å². The maximum absolute atomic E-state index is 11.8. The molecule has 4 heteroatoms. The smallest absolute Gasteiger partial charge is 0.339 e. The zero-order valence-electron chi connectivity index (χ0n) is 21.1. The summed E-state index contributed by atoms with van der Waals surface area (Å²) in [4.78, 5) is 22.8. The van der Waals surface area contributed by atoms with Crippen molar-refractivity contribution in [2.45, 2.75) is 110 Å². The maximum Gasteiger partial charge on any atom is 0.339 e. The fourth-order valence-electron chi connectivity index (χ4n) is 3.95. The van der Waals surface area contributed by atoms with Crippen molar-refractivity contribution in [1.82, 2.24) is 0 Å². The van der Waals surface area contributed by atoms with E-state index in [-0.39, 0.29) is 11.1 Å². The third-order valence-electron chi connectivity index (χ3n) is 6.46. The molecule has 0 spiro atoms. The van der Waals surface area contributed by atoms with Crippen molar-refractivity contribution in [3.63, 3.8) is 0 Å². The van der Waals surface area contributed by atoms with Gasteiger partial charge in [0.2, 0.25) is 0 Å². The number of unbranched alkanes of at least 4 members (excludes halogenated alkanes) is 10. The first kappa shape index (κ1) is 28.9. The Morgan fingerprint density at radius 2 is 1.39 bits per heavy atom. The van der Waals surface area contributed by atoms with Gasteiger partial charge in [-0.25, -0.2) is 9.59 Å². The van der Waals surface area contributed by atoms with Gasteiger partial charge in [-0.3, -0.25) is 0 Å². The summed E-state index contributed by atoms with van der Waals surface area (Å²) >= 11 is 0. The maximum atomic E-state index is 11.8. The Balaban J connectivity index is 0.000000361. The van der Waals surface area contributed by atoms with Gasteiger partial charge in [0.1, 0.15) is 0 Å². The second-order valence-electron chi connectivity index (χ2n) is 9.34. The van der Waals surface area contributed by atoms with E-state index in [1.165, 1.54) is 89.2 Å². The predicted molar refractivity (Wildman–Crippen MR) is 137 cm³/mol. The minimum atomic E-state index is -1.11. The molecule has 1 aliphatic rings. The standard InChI is InChI=1S/C16H22O4.C13H24/c1-2-3-4-5-6-9-12-20-16(19)14-11-8-7-10-13(14)15(17)18;1-3-5-6-7-8-9-10-13(4-2)11-12-13/h7-8,10-11H,2-6,9,12H2,1H3,(H,17,18);4H,2-3,5-12H2,1H3. The summed E-state index contributed by atoms with van der Waals surface area (Å²) in [5.41, 5.74) is 0.705. The molecule has 0 aromatic heterocycles. The monoisotopic (exact) mass is 458 g/mol. The number of rotatable bonds is 17. The van der Waals surface area contributed by atoms with Crippen LogP contribution in [0.4, 0.5) is 0 Å². The minimum Gasteiger partial charge on any atom is -0.478 e. The summed E-state index contributed by atoms with van der Waals surface area (Å²) in [6, 6.07) is 6.11. The molecule has 4 nitrogen and oxygen atoms in total. The molecule has 1 saturated carbocycles. The SMILES string of the molecule is C=CC1(CCCCCCCC)CC1.CCCCCCCCOC(=O)c1ccccc1C(=O)O. The number of aromatic carboxylic acids is 1. The average Bonchev–Trinajstić information content (AvgIpc) is 3.61. The average molecular weight is 459 g/mol. The van der Waals surface area contributed by atoms with Gasteiger partial charge in [-0.1, -0.05) is 103 Å². The zero-order valence-corrected chi connectivity index (χ0v) is 21.1. The third kappa shape index (κ3) is 12.6. The number of carbonyl (C=O) groups is 2. The number of hydrogen-bond acceptors (Lipinski definition) is 3. The fourth-order valence-corrected chi connectivity index (χ4v) is 3.95. The van der Waals surface area contributed by atoms with E-state index in [1.54, 1.807) is 12.1 Å². The molecule has 2 rings (SSSR count). The Kier molecular flexibility index (Phi) is 15.2. The Morgan fingerprint density at radius 3 is 1.91 bits per heavy atom. The number of ether oxygens (including phenoxy) is 1. The van der Waals surface area contributed by atoms with Gasteiger partial charge in [0.25, 0.3) is 0 Å². The highest BCUT2D eigenvalue weighted by molar-refractivity contribution is 6.02. The summed E-state index contributed by atoms with van der Waals surface area (Å²) < 4.78 is 5.12. The normalized spacial score (nSPS) is 13.5. The van der Waals surface area contributed by atoms with E-state index in [2.05, 4.69) is 26.5 Å². The van der Waals surface area contributed by atoms with Crippen LogP contribution in [0.1, 0.15) is 131 Å². The van der Waals surface area contributed by atoms with Crippen LogP contribution in [0.3, 0.4) is 0 Å². The van der Waals surface area contributed by atoms with Crippen LogP contribution >= 0.6 is 0 Å². The van der Waals surface area contributed by atoms with Crippen molar-refractivity contribution in [1.29, 1.82) is 0 Å². The van der Waals surface area contributed by atoms with E-state index >= 15 is 0 Å². The summed E-state index contributed by atoms with van der Waals surface area (Å²) in [6.45, 7) is 8.71. The largest absolute Gasteiger partial charge is 0.478 e. The summed E-state index contributed by atoms with van der Waals surface area (Å²) in [5, 5.41) is 9.00. The number of benzene rings is 1. The van der Waals surface area contributed by atoms with Gasteiger partial charge in [0.05, 0.1) is 17.7 Å². The van der Waals surface area contributed by atoms with Crippen molar-refractivity contribution >= 4 is 11.9 Å². The molecule has 0 bridgehead atoms. The first-order valence-corrected chi connectivity index (χ1v) is 13.1. The predicted octanol–water partition coefficient (Wildman–Crippen LogP) is 8.61. The molecule has 0 atom stereocenters. The van der Waals surface area contributed by atoms with Crippen LogP contribution in [0, 0.1) is 5.41 Å².